The third kappa shape index (κ3) is 4.01. The molecule has 1 aliphatic heterocycles. The molecule has 2 aromatic carbocycles. The number of hydrogen-bond donors (Lipinski definition) is 1. The lowest BCUT2D eigenvalue weighted by Gasteiger charge is -2.30. The van der Waals surface area contributed by atoms with Crippen molar-refractivity contribution in [3.05, 3.63) is 67.0 Å². The Bertz CT molecular complexity index is 881. The fraction of sp³-hybridized carbons (Fsp3) is 0.238. The summed E-state index contributed by atoms with van der Waals surface area (Å²) in [5, 5.41) is 3.46. The average molecular weight is 361 g/mol. The maximum absolute atomic E-state index is 5.48. The number of anilines is 5. The number of rotatable bonds is 5. The van der Waals surface area contributed by atoms with Crippen LogP contribution in [-0.4, -0.2) is 43.3 Å². The van der Waals surface area contributed by atoms with Crippen LogP contribution in [0, 0.1) is 0 Å². The highest BCUT2D eigenvalue weighted by Crippen LogP contribution is 2.30. The molecule has 0 bridgehead atoms. The molecule has 1 aliphatic rings. The third-order valence-corrected chi connectivity index (χ3v) is 4.66. The van der Waals surface area contributed by atoms with Crippen molar-refractivity contribution in [1.29, 1.82) is 0 Å². The lowest BCUT2D eigenvalue weighted by molar-refractivity contribution is 0.123. The van der Waals surface area contributed by atoms with E-state index in [9.17, 15) is 0 Å². The van der Waals surface area contributed by atoms with Gasteiger partial charge in [0.15, 0.2) is 0 Å². The number of nitrogens with one attached hydrogen (secondary N) is 1. The van der Waals surface area contributed by atoms with Crippen LogP contribution in [0.5, 0.6) is 0 Å². The van der Waals surface area contributed by atoms with Crippen LogP contribution in [-0.2, 0) is 4.74 Å². The van der Waals surface area contributed by atoms with Crippen molar-refractivity contribution in [2.45, 2.75) is 0 Å². The van der Waals surface area contributed by atoms with Gasteiger partial charge in [-0.2, -0.15) is 0 Å². The molecule has 0 saturated carbocycles. The van der Waals surface area contributed by atoms with Gasteiger partial charge in [0.2, 0.25) is 0 Å². The monoisotopic (exact) mass is 361 g/mol. The van der Waals surface area contributed by atoms with Crippen LogP contribution >= 0.6 is 0 Å². The zero-order chi connectivity index (χ0) is 18.5. The molecule has 1 aromatic heterocycles. The first-order chi connectivity index (χ1) is 13.3. The first-order valence-corrected chi connectivity index (χ1v) is 9.11. The highest BCUT2D eigenvalue weighted by atomic mass is 16.5. The molecule has 138 valence electrons. The molecule has 1 N–H and O–H groups in total. The zero-order valence-corrected chi connectivity index (χ0v) is 15.4. The van der Waals surface area contributed by atoms with Gasteiger partial charge >= 0.3 is 0 Å². The van der Waals surface area contributed by atoms with E-state index in [4.69, 9.17) is 4.74 Å². The van der Waals surface area contributed by atoms with Crippen molar-refractivity contribution in [1.82, 2.24) is 9.97 Å². The lowest BCUT2D eigenvalue weighted by Crippen LogP contribution is -2.36. The maximum atomic E-state index is 5.48. The second-order valence-electron chi connectivity index (χ2n) is 6.40. The van der Waals surface area contributed by atoms with Crippen LogP contribution in [0.3, 0.4) is 0 Å². The first kappa shape index (κ1) is 17.3. The molecule has 0 radical (unpaired) electrons. The van der Waals surface area contributed by atoms with Gasteiger partial charge in [-0.25, -0.2) is 9.97 Å². The van der Waals surface area contributed by atoms with Crippen LogP contribution in [0.1, 0.15) is 0 Å². The maximum Gasteiger partial charge on any atom is 0.138 e. The van der Waals surface area contributed by atoms with Crippen LogP contribution in [0.2, 0.25) is 0 Å². The van der Waals surface area contributed by atoms with Crippen molar-refractivity contribution < 1.29 is 4.74 Å². The quantitative estimate of drug-likeness (QED) is 0.745. The second-order valence-corrected chi connectivity index (χ2v) is 6.40. The van der Waals surface area contributed by atoms with Crippen molar-refractivity contribution >= 4 is 28.7 Å². The van der Waals surface area contributed by atoms with Crippen molar-refractivity contribution in [2.75, 3.05) is 48.5 Å². The molecule has 0 amide bonds. The van der Waals surface area contributed by atoms with Gasteiger partial charge in [0.25, 0.3) is 0 Å². The molecule has 2 heterocycles. The number of nitrogens with zero attached hydrogens (tertiary/aromatic N) is 4. The Morgan fingerprint density at radius 2 is 1.70 bits per heavy atom. The SMILES string of the molecule is CN(c1ccccc1)c1cc(Nc2ccccc2N2CCOCC2)ncn1. The number of hydrogen-bond acceptors (Lipinski definition) is 6. The summed E-state index contributed by atoms with van der Waals surface area (Å²) < 4.78 is 5.48. The summed E-state index contributed by atoms with van der Waals surface area (Å²) in [6.45, 7) is 3.30. The molecule has 1 saturated heterocycles. The van der Waals surface area contributed by atoms with E-state index in [1.165, 1.54) is 0 Å². The smallest absolute Gasteiger partial charge is 0.138 e. The number of aromatic nitrogens is 2. The molecular formula is C21H23N5O. The third-order valence-electron chi connectivity index (χ3n) is 4.66. The largest absolute Gasteiger partial charge is 0.378 e. The van der Waals surface area contributed by atoms with E-state index in [1.807, 2.05) is 42.3 Å². The Kier molecular flexibility index (Phi) is 5.16. The normalized spacial score (nSPS) is 14.0. The summed E-state index contributed by atoms with van der Waals surface area (Å²) in [6.07, 6.45) is 1.59. The zero-order valence-electron chi connectivity index (χ0n) is 15.4. The molecule has 0 unspecified atom stereocenters. The van der Waals surface area contributed by atoms with Gasteiger partial charge in [-0.05, 0) is 24.3 Å². The Labute approximate surface area is 159 Å². The summed E-state index contributed by atoms with van der Waals surface area (Å²) in [5.41, 5.74) is 3.28. The summed E-state index contributed by atoms with van der Waals surface area (Å²) >= 11 is 0. The molecule has 0 spiro atoms. The number of benzene rings is 2. The Morgan fingerprint density at radius 3 is 2.52 bits per heavy atom. The van der Waals surface area contributed by atoms with Gasteiger partial charge in [-0.1, -0.05) is 30.3 Å². The number of para-hydroxylation sites is 3. The van der Waals surface area contributed by atoms with E-state index in [-0.39, 0.29) is 0 Å². The molecule has 27 heavy (non-hydrogen) atoms. The van der Waals surface area contributed by atoms with Crippen LogP contribution < -0.4 is 15.1 Å². The lowest BCUT2D eigenvalue weighted by atomic mass is 10.2. The minimum absolute atomic E-state index is 0.758. The van der Waals surface area contributed by atoms with Gasteiger partial charge in [0.1, 0.15) is 18.0 Å². The summed E-state index contributed by atoms with van der Waals surface area (Å²) in [7, 11) is 2.00. The van der Waals surface area contributed by atoms with Gasteiger partial charge in [0.05, 0.1) is 24.6 Å². The van der Waals surface area contributed by atoms with Crippen LogP contribution in [0.25, 0.3) is 0 Å². The molecule has 6 nitrogen and oxygen atoms in total. The summed E-state index contributed by atoms with van der Waals surface area (Å²) in [6, 6.07) is 20.4. The number of ether oxygens (including phenoxy) is 1. The average Bonchev–Trinajstić information content (AvgIpc) is 2.75. The Balaban J connectivity index is 1.57. The molecule has 4 rings (SSSR count). The van der Waals surface area contributed by atoms with Crippen LogP contribution in [0.4, 0.5) is 28.7 Å². The fourth-order valence-corrected chi connectivity index (χ4v) is 3.18. The summed E-state index contributed by atoms with van der Waals surface area (Å²) in [5.74, 6) is 1.60. The Morgan fingerprint density at radius 1 is 0.963 bits per heavy atom. The molecule has 0 aliphatic carbocycles. The van der Waals surface area contributed by atoms with E-state index in [0.29, 0.717) is 0 Å². The molecule has 1 fully saturated rings. The van der Waals surface area contributed by atoms with E-state index in [2.05, 4.69) is 50.5 Å². The number of morpholine rings is 1. The molecule has 3 aromatic rings. The molecule has 6 heteroatoms. The van der Waals surface area contributed by atoms with Gasteiger partial charge in [0, 0.05) is 31.9 Å². The Hall–Kier alpha value is -3.12. The van der Waals surface area contributed by atoms with Gasteiger partial charge in [-0.3, -0.25) is 0 Å². The predicted molar refractivity (Wildman–Crippen MR) is 109 cm³/mol. The van der Waals surface area contributed by atoms with Crippen LogP contribution in [0.15, 0.2) is 67.0 Å². The van der Waals surface area contributed by atoms with Crippen molar-refractivity contribution in [3.8, 4) is 0 Å². The fourth-order valence-electron chi connectivity index (χ4n) is 3.18. The first-order valence-electron chi connectivity index (χ1n) is 9.11. The van der Waals surface area contributed by atoms with Crippen molar-refractivity contribution in [2.24, 2.45) is 0 Å². The van der Waals surface area contributed by atoms with E-state index in [1.54, 1.807) is 6.33 Å². The second kappa shape index (κ2) is 8.05. The molecule has 0 atom stereocenters. The minimum atomic E-state index is 0.758. The van der Waals surface area contributed by atoms with Crippen molar-refractivity contribution in [3.63, 3.8) is 0 Å². The highest BCUT2D eigenvalue weighted by molar-refractivity contribution is 5.75. The standard InChI is InChI=1S/C21H23N5O/c1-25(17-7-3-2-4-8-17)21-15-20(22-16-23-21)24-18-9-5-6-10-19(18)26-11-13-27-14-12-26/h2-10,15-16H,11-14H2,1H3,(H,22,23,24). The van der Waals surface area contributed by atoms with Gasteiger partial charge < -0.3 is 19.9 Å². The highest BCUT2D eigenvalue weighted by Gasteiger charge is 2.15. The minimum Gasteiger partial charge on any atom is -0.378 e. The topological polar surface area (TPSA) is 53.5 Å². The summed E-state index contributed by atoms with van der Waals surface area (Å²) in [4.78, 5) is 13.2. The predicted octanol–water partition coefficient (Wildman–Crippen LogP) is 3.82. The van der Waals surface area contributed by atoms with E-state index < -0.39 is 0 Å². The van der Waals surface area contributed by atoms with E-state index >= 15 is 0 Å². The van der Waals surface area contributed by atoms with E-state index in [0.717, 1.165) is 55.0 Å². The van der Waals surface area contributed by atoms with Gasteiger partial charge in [-0.15, -0.1) is 0 Å². The molecular weight excluding hydrogens is 338 g/mol.